The Morgan fingerprint density at radius 3 is 2.76 bits per heavy atom. The number of epoxide rings is 1. The maximum Gasteiger partial charge on any atom is 0.143 e. The molecule has 12 heteroatoms. The monoisotopic (exact) mass is 647 g/mol. The van der Waals surface area contributed by atoms with E-state index in [1.807, 2.05) is 10.7 Å². The maximum atomic E-state index is 14.9. The summed E-state index contributed by atoms with van der Waals surface area (Å²) in [6.07, 6.45) is 1.78. The van der Waals surface area contributed by atoms with Gasteiger partial charge in [-0.05, 0) is 36.4 Å². The largest absolute Gasteiger partial charge is 0.507 e. The molecule has 1 N–H and O–H groups in total. The Kier molecular flexibility index (Phi) is 8.72. The summed E-state index contributed by atoms with van der Waals surface area (Å²) in [5, 5.41) is 16.3. The third-order valence-corrected chi connectivity index (χ3v) is 10.6. The first-order valence-electron chi connectivity index (χ1n) is 16.1. The summed E-state index contributed by atoms with van der Waals surface area (Å²) in [6.45, 7) is 14.3. The van der Waals surface area contributed by atoms with Crippen molar-refractivity contribution in [3.05, 3.63) is 54.5 Å². The zero-order valence-corrected chi connectivity index (χ0v) is 27.7. The highest BCUT2D eigenvalue weighted by Crippen LogP contribution is 2.39. The molecule has 0 bridgehead atoms. The average Bonchev–Trinajstić information content (AvgIpc) is 3.81. The quantitative estimate of drug-likeness (QED) is 0.134. The Morgan fingerprint density at radius 1 is 1.09 bits per heavy atom. The third-order valence-electron chi connectivity index (χ3n) is 8.93. The number of aromatic hydroxyl groups is 1. The minimum Gasteiger partial charge on any atom is -0.507 e. The lowest BCUT2D eigenvalue weighted by atomic mass is 10.0. The summed E-state index contributed by atoms with van der Waals surface area (Å²) in [6, 6.07) is 13.7. The summed E-state index contributed by atoms with van der Waals surface area (Å²) in [5.74, 6) is 0.0656. The van der Waals surface area contributed by atoms with Crippen LogP contribution in [-0.2, 0) is 20.9 Å². The summed E-state index contributed by atoms with van der Waals surface area (Å²) in [7, 11) is -1.26. The van der Waals surface area contributed by atoms with Crippen molar-refractivity contribution in [2.24, 2.45) is 0 Å². The van der Waals surface area contributed by atoms with E-state index >= 15 is 0 Å². The van der Waals surface area contributed by atoms with Gasteiger partial charge in [0.2, 0.25) is 0 Å². The Morgan fingerprint density at radius 2 is 1.96 bits per heavy atom. The topological polar surface area (TPSA) is 97.6 Å². The minimum absolute atomic E-state index is 0.0594. The van der Waals surface area contributed by atoms with Crippen LogP contribution in [0.15, 0.2) is 48.7 Å². The molecule has 5 heterocycles. The first kappa shape index (κ1) is 31.1. The lowest BCUT2D eigenvalue weighted by Crippen LogP contribution is -2.58. The summed E-state index contributed by atoms with van der Waals surface area (Å²) in [5.41, 5.74) is 3.74. The lowest BCUT2D eigenvalue weighted by molar-refractivity contribution is -0.0117. The van der Waals surface area contributed by atoms with Crippen LogP contribution in [0.4, 0.5) is 10.1 Å². The standard InChI is InChI=1S/C34H42FN5O5Si/c1-46(2,3)14-13-43-22-40-30-17-36-28(33-27(35)5-4-6-31(33)41)16-26(30)34(37-40)23-7-8-29(32(15-23)45-21-25-20-44-25)39-10-9-38-11-12-42-19-24(38)18-39/h4-8,15-17,24-25,41H,9-14,18-22H2,1-3H3/t24-,25-/m1/s1. The van der Waals surface area contributed by atoms with Crippen molar-refractivity contribution in [3.63, 3.8) is 0 Å². The van der Waals surface area contributed by atoms with Gasteiger partial charge in [-0.3, -0.25) is 9.88 Å². The number of hydrogen-bond acceptors (Lipinski definition) is 9. The fourth-order valence-corrected chi connectivity index (χ4v) is 6.92. The second-order valence-electron chi connectivity index (χ2n) is 13.6. The number of rotatable bonds is 11. The molecule has 0 radical (unpaired) electrons. The molecule has 2 aromatic heterocycles. The summed E-state index contributed by atoms with van der Waals surface area (Å²) in [4.78, 5) is 9.44. The summed E-state index contributed by atoms with van der Waals surface area (Å²) >= 11 is 0. The number of ether oxygens (including phenoxy) is 4. The van der Waals surface area contributed by atoms with E-state index < -0.39 is 13.9 Å². The van der Waals surface area contributed by atoms with Crippen molar-refractivity contribution in [2.75, 3.05) is 64.1 Å². The van der Waals surface area contributed by atoms with E-state index in [2.05, 4.69) is 46.6 Å². The first-order chi connectivity index (χ1) is 22.2. The molecule has 2 atom stereocenters. The number of pyridine rings is 1. The zero-order chi connectivity index (χ0) is 31.8. The Bertz CT molecular complexity index is 1690. The Balaban J connectivity index is 1.26. The van der Waals surface area contributed by atoms with Crippen LogP contribution in [0, 0.1) is 5.82 Å². The highest BCUT2D eigenvalue weighted by Gasteiger charge is 2.32. The molecule has 0 spiro atoms. The number of phenolic OH excluding ortho intramolecular Hbond substituents is 1. The zero-order valence-electron chi connectivity index (χ0n) is 26.7. The van der Waals surface area contributed by atoms with Crippen molar-refractivity contribution in [3.8, 4) is 34.0 Å². The molecular formula is C34H42FN5O5Si. The van der Waals surface area contributed by atoms with Gasteiger partial charge in [0.1, 0.15) is 42.5 Å². The smallest absolute Gasteiger partial charge is 0.143 e. The van der Waals surface area contributed by atoms with Crippen molar-refractivity contribution >= 4 is 24.7 Å². The van der Waals surface area contributed by atoms with Gasteiger partial charge in [0, 0.05) is 51.8 Å². The van der Waals surface area contributed by atoms with Gasteiger partial charge in [-0.15, -0.1) is 0 Å². The number of benzene rings is 2. The molecule has 0 saturated carbocycles. The van der Waals surface area contributed by atoms with Crippen LogP contribution in [0.25, 0.3) is 33.4 Å². The van der Waals surface area contributed by atoms with Crippen LogP contribution in [0.5, 0.6) is 11.5 Å². The highest BCUT2D eigenvalue weighted by atomic mass is 28.3. The molecule has 0 unspecified atom stereocenters. The predicted octanol–water partition coefficient (Wildman–Crippen LogP) is 5.22. The number of hydrogen-bond donors (Lipinski definition) is 1. The number of morpholine rings is 1. The Hall–Kier alpha value is -3.55. The fourth-order valence-electron chi connectivity index (χ4n) is 6.17. The lowest BCUT2D eigenvalue weighted by Gasteiger charge is -2.44. The van der Waals surface area contributed by atoms with Crippen LogP contribution in [0.1, 0.15) is 0 Å². The summed E-state index contributed by atoms with van der Waals surface area (Å²) < 4.78 is 40.5. The van der Waals surface area contributed by atoms with Crippen LogP contribution in [-0.4, -0.2) is 104 Å². The van der Waals surface area contributed by atoms with Gasteiger partial charge in [-0.1, -0.05) is 31.8 Å². The molecule has 3 saturated heterocycles. The van der Waals surface area contributed by atoms with Gasteiger partial charge < -0.3 is 29.0 Å². The maximum absolute atomic E-state index is 14.9. The first-order valence-corrected chi connectivity index (χ1v) is 19.8. The fraction of sp³-hybridized carbons (Fsp3) is 0.471. The molecule has 7 rings (SSSR count). The van der Waals surface area contributed by atoms with Crippen molar-refractivity contribution in [1.29, 1.82) is 0 Å². The van der Waals surface area contributed by atoms with Crippen molar-refractivity contribution in [2.45, 2.75) is 44.6 Å². The van der Waals surface area contributed by atoms with Crippen molar-refractivity contribution in [1.82, 2.24) is 19.7 Å². The van der Waals surface area contributed by atoms with E-state index in [0.717, 1.165) is 73.3 Å². The van der Waals surface area contributed by atoms with E-state index in [1.54, 1.807) is 12.3 Å². The van der Waals surface area contributed by atoms with E-state index in [1.165, 1.54) is 18.2 Å². The molecule has 46 heavy (non-hydrogen) atoms. The molecule has 3 aliphatic rings. The SMILES string of the molecule is C[Si](C)(C)CCOCn1nc(-c2ccc(N3CCN4CCOC[C@H]4C3)c(OC[C@H]3CO3)c2)c2cc(-c3c(O)cccc3F)ncc21. The highest BCUT2D eigenvalue weighted by molar-refractivity contribution is 6.76. The number of phenols is 1. The second-order valence-corrected chi connectivity index (χ2v) is 19.2. The molecule has 0 aliphatic carbocycles. The number of halogens is 1. The molecule has 3 fully saturated rings. The normalized spacial score (nSPS) is 20.2. The number of fused-ring (bicyclic) bond motifs is 2. The molecule has 244 valence electrons. The minimum atomic E-state index is -1.26. The number of anilines is 1. The van der Waals surface area contributed by atoms with Crippen LogP contribution < -0.4 is 9.64 Å². The molecular weight excluding hydrogens is 605 g/mol. The van der Waals surface area contributed by atoms with E-state index in [0.29, 0.717) is 37.3 Å². The Labute approximate surface area is 269 Å². The van der Waals surface area contributed by atoms with Gasteiger partial charge in [-0.25, -0.2) is 9.07 Å². The number of aromatic nitrogens is 3. The molecule has 0 amide bonds. The van der Waals surface area contributed by atoms with Crippen LogP contribution in [0.2, 0.25) is 25.7 Å². The van der Waals surface area contributed by atoms with Gasteiger partial charge in [-0.2, -0.15) is 5.10 Å². The number of piperazine rings is 1. The van der Waals surface area contributed by atoms with E-state index in [4.69, 9.17) is 24.0 Å². The van der Waals surface area contributed by atoms with Crippen molar-refractivity contribution < 1.29 is 28.4 Å². The van der Waals surface area contributed by atoms with E-state index in [-0.39, 0.29) is 24.1 Å². The predicted molar refractivity (Wildman–Crippen MR) is 178 cm³/mol. The molecule has 4 aromatic rings. The van der Waals surface area contributed by atoms with Crippen LogP contribution >= 0.6 is 0 Å². The van der Waals surface area contributed by atoms with Gasteiger partial charge in [0.05, 0.1) is 54.5 Å². The average molecular weight is 648 g/mol. The third kappa shape index (κ3) is 6.77. The van der Waals surface area contributed by atoms with Gasteiger partial charge in [0.15, 0.2) is 0 Å². The van der Waals surface area contributed by atoms with Gasteiger partial charge in [0.25, 0.3) is 0 Å². The van der Waals surface area contributed by atoms with Gasteiger partial charge >= 0.3 is 0 Å². The van der Waals surface area contributed by atoms with E-state index in [9.17, 15) is 9.50 Å². The molecule has 2 aromatic carbocycles. The molecule has 3 aliphatic heterocycles. The molecule has 10 nitrogen and oxygen atoms in total. The second kappa shape index (κ2) is 12.9. The number of nitrogens with zero attached hydrogens (tertiary/aromatic N) is 5. The van der Waals surface area contributed by atoms with Crippen LogP contribution in [0.3, 0.4) is 0 Å².